The molecule has 4 aromatic rings. The number of hydrogen-bond donors (Lipinski definition) is 1. The van der Waals surface area contributed by atoms with Gasteiger partial charge in [0, 0.05) is 50.0 Å². The molecular weight excluding hydrogens is 442 g/mol. The summed E-state index contributed by atoms with van der Waals surface area (Å²) in [6.45, 7) is 13.1. The molecule has 1 fully saturated rings. The van der Waals surface area contributed by atoms with Crippen molar-refractivity contribution in [2.24, 2.45) is 0 Å². The van der Waals surface area contributed by atoms with Crippen molar-refractivity contribution in [3.63, 3.8) is 0 Å². The van der Waals surface area contributed by atoms with Crippen LogP contribution >= 0.6 is 0 Å². The van der Waals surface area contributed by atoms with Crippen LogP contribution in [0.25, 0.3) is 22.0 Å². The highest BCUT2D eigenvalue weighted by Crippen LogP contribution is 2.33. The van der Waals surface area contributed by atoms with Gasteiger partial charge in [-0.05, 0) is 54.8 Å². The van der Waals surface area contributed by atoms with Crippen molar-refractivity contribution in [1.29, 1.82) is 5.26 Å². The molecule has 0 atom stereocenters. The summed E-state index contributed by atoms with van der Waals surface area (Å²) < 4.78 is 0. The molecule has 36 heavy (non-hydrogen) atoms. The van der Waals surface area contributed by atoms with Crippen molar-refractivity contribution in [3.8, 4) is 17.2 Å². The third kappa shape index (κ3) is 5.11. The Balaban J connectivity index is 1.38. The van der Waals surface area contributed by atoms with Gasteiger partial charge in [0.25, 0.3) is 0 Å². The summed E-state index contributed by atoms with van der Waals surface area (Å²) in [6, 6.07) is 23.8. The smallest absolute Gasteiger partial charge is 0.103 e. The lowest BCUT2D eigenvalue weighted by Gasteiger charge is -2.34. The maximum Gasteiger partial charge on any atom is 0.103 e. The normalized spacial score (nSPS) is 14.6. The topological polar surface area (TPSA) is 55.2 Å². The van der Waals surface area contributed by atoms with Crippen LogP contribution in [0.3, 0.4) is 0 Å². The van der Waals surface area contributed by atoms with Crippen molar-refractivity contribution < 1.29 is 0 Å². The van der Waals surface area contributed by atoms with Crippen molar-refractivity contribution in [3.05, 3.63) is 89.1 Å². The zero-order valence-corrected chi connectivity index (χ0v) is 21.4. The first-order valence-corrected chi connectivity index (χ1v) is 12.7. The van der Waals surface area contributed by atoms with Crippen molar-refractivity contribution >= 4 is 22.3 Å². The Morgan fingerprint density at radius 2 is 1.61 bits per heavy atom. The van der Waals surface area contributed by atoms with Gasteiger partial charge in [0.15, 0.2) is 0 Å². The number of nitriles is 1. The van der Waals surface area contributed by atoms with Crippen LogP contribution in [-0.2, 0) is 6.54 Å². The Kier molecular flexibility index (Phi) is 6.99. The van der Waals surface area contributed by atoms with E-state index in [0.29, 0.717) is 5.56 Å². The second-order valence-corrected chi connectivity index (χ2v) is 9.74. The average molecular weight is 476 g/mol. The number of anilines is 2. The number of nitrogens with zero attached hydrogens (tertiary/aromatic N) is 4. The van der Waals surface area contributed by atoms with Crippen molar-refractivity contribution in [1.82, 2.24) is 14.8 Å². The quantitative estimate of drug-likeness (QED) is 0.356. The van der Waals surface area contributed by atoms with Gasteiger partial charge in [-0.15, -0.1) is 0 Å². The van der Waals surface area contributed by atoms with Crippen LogP contribution < -0.4 is 5.32 Å². The number of fused-ring (bicyclic) bond motifs is 1. The first kappa shape index (κ1) is 24.0. The maximum atomic E-state index is 9.74. The van der Waals surface area contributed by atoms with Gasteiger partial charge in [0.2, 0.25) is 0 Å². The molecule has 5 heteroatoms. The molecule has 182 valence electrons. The molecule has 2 heterocycles. The standard InChI is InChI=1S/C31H33N5/c1-4-35-13-15-36(16-14-35)21-24-6-8-25(9-7-24)26-10-11-28-30(18-26)33-20-27(19-32)31(28)34-29-12-5-22(2)17-23(29)3/h5-12,17-18,20H,4,13-16,21H2,1-3H3,(H,33,34). The second-order valence-electron chi connectivity index (χ2n) is 9.74. The molecule has 0 unspecified atom stereocenters. The molecule has 0 amide bonds. The molecule has 1 saturated heterocycles. The molecule has 1 aromatic heterocycles. The van der Waals surface area contributed by atoms with Crippen LogP contribution in [0.4, 0.5) is 11.4 Å². The van der Waals surface area contributed by atoms with E-state index in [1.165, 1.54) is 16.7 Å². The lowest BCUT2D eigenvalue weighted by atomic mass is 10.0. The summed E-state index contributed by atoms with van der Waals surface area (Å²) in [5.74, 6) is 0. The Morgan fingerprint density at radius 1 is 0.889 bits per heavy atom. The molecule has 1 N–H and O–H groups in total. The van der Waals surface area contributed by atoms with E-state index in [9.17, 15) is 5.26 Å². The van der Waals surface area contributed by atoms with E-state index in [1.807, 2.05) is 0 Å². The number of hydrogen-bond acceptors (Lipinski definition) is 5. The summed E-state index contributed by atoms with van der Waals surface area (Å²) in [5.41, 5.74) is 9.23. The van der Waals surface area contributed by atoms with Crippen LogP contribution in [0.15, 0.2) is 66.9 Å². The van der Waals surface area contributed by atoms with E-state index in [0.717, 1.165) is 72.7 Å². The van der Waals surface area contributed by atoms with E-state index in [1.54, 1.807) is 6.20 Å². The maximum absolute atomic E-state index is 9.74. The molecule has 1 aliphatic heterocycles. The summed E-state index contributed by atoms with van der Waals surface area (Å²) in [6.07, 6.45) is 1.67. The van der Waals surface area contributed by atoms with Crippen LogP contribution in [0.2, 0.25) is 0 Å². The van der Waals surface area contributed by atoms with Crippen LogP contribution in [0.1, 0.15) is 29.2 Å². The fraction of sp³-hybridized carbons (Fsp3) is 0.290. The largest absolute Gasteiger partial charge is 0.354 e. The minimum Gasteiger partial charge on any atom is -0.354 e. The molecule has 0 spiro atoms. The molecule has 5 nitrogen and oxygen atoms in total. The third-order valence-electron chi connectivity index (χ3n) is 7.24. The first-order valence-electron chi connectivity index (χ1n) is 12.7. The number of benzene rings is 3. The molecule has 0 aliphatic carbocycles. The summed E-state index contributed by atoms with van der Waals surface area (Å²) in [5, 5.41) is 14.2. The van der Waals surface area contributed by atoms with Gasteiger partial charge in [0.05, 0.1) is 16.8 Å². The monoisotopic (exact) mass is 475 g/mol. The number of nitrogens with one attached hydrogen (secondary N) is 1. The van der Waals surface area contributed by atoms with Crippen LogP contribution in [-0.4, -0.2) is 47.5 Å². The third-order valence-corrected chi connectivity index (χ3v) is 7.24. The highest BCUT2D eigenvalue weighted by atomic mass is 15.3. The zero-order valence-electron chi connectivity index (χ0n) is 21.4. The van der Waals surface area contributed by atoms with Gasteiger partial charge in [-0.3, -0.25) is 9.88 Å². The average Bonchev–Trinajstić information content (AvgIpc) is 2.91. The molecule has 1 aliphatic rings. The second kappa shape index (κ2) is 10.5. The van der Waals surface area contributed by atoms with Gasteiger partial charge in [-0.2, -0.15) is 5.26 Å². The van der Waals surface area contributed by atoms with E-state index in [2.05, 4.69) is 108 Å². The minimum atomic E-state index is 0.541. The minimum absolute atomic E-state index is 0.541. The summed E-state index contributed by atoms with van der Waals surface area (Å²) >= 11 is 0. The Labute approximate surface area is 214 Å². The van der Waals surface area contributed by atoms with Gasteiger partial charge >= 0.3 is 0 Å². The first-order chi connectivity index (χ1) is 17.5. The van der Waals surface area contributed by atoms with Crippen LogP contribution in [0.5, 0.6) is 0 Å². The lowest BCUT2D eigenvalue weighted by Crippen LogP contribution is -2.45. The number of likely N-dealkylation sites (N-methyl/N-ethyl adjacent to an activating group) is 1. The Hall–Kier alpha value is -3.72. The zero-order chi connectivity index (χ0) is 25.1. The highest BCUT2D eigenvalue weighted by Gasteiger charge is 2.16. The van der Waals surface area contributed by atoms with E-state index < -0.39 is 0 Å². The lowest BCUT2D eigenvalue weighted by molar-refractivity contribution is 0.132. The molecule has 3 aromatic carbocycles. The molecule has 5 rings (SSSR count). The molecule has 0 saturated carbocycles. The molecule has 0 radical (unpaired) electrons. The highest BCUT2D eigenvalue weighted by molar-refractivity contribution is 5.97. The Bertz CT molecular complexity index is 1410. The van der Waals surface area contributed by atoms with E-state index in [-0.39, 0.29) is 0 Å². The van der Waals surface area contributed by atoms with Crippen molar-refractivity contribution in [2.75, 3.05) is 38.0 Å². The van der Waals surface area contributed by atoms with Gasteiger partial charge in [0.1, 0.15) is 6.07 Å². The van der Waals surface area contributed by atoms with Gasteiger partial charge in [-0.25, -0.2) is 0 Å². The van der Waals surface area contributed by atoms with Gasteiger partial charge < -0.3 is 10.2 Å². The number of piperazine rings is 1. The summed E-state index contributed by atoms with van der Waals surface area (Å²) in [7, 11) is 0. The number of aromatic nitrogens is 1. The van der Waals surface area contributed by atoms with E-state index in [4.69, 9.17) is 0 Å². The van der Waals surface area contributed by atoms with Crippen LogP contribution in [0, 0.1) is 25.2 Å². The van der Waals surface area contributed by atoms with E-state index >= 15 is 0 Å². The number of aryl methyl sites for hydroxylation is 2. The molecular formula is C31H33N5. The number of rotatable bonds is 6. The van der Waals surface area contributed by atoms with Crippen molar-refractivity contribution in [2.45, 2.75) is 27.3 Å². The predicted octanol–water partition coefficient (Wildman–Crippen LogP) is 6.27. The Morgan fingerprint density at radius 3 is 2.31 bits per heavy atom. The predicted molar refractivity (Wildman–Crippen MR) is 148 cm³/mol. The SMILES string of the molecule is CCN1CCN(Cc2ccc(-c3ccc4c(Nc5ccc(C)cc5C)c(C#N)cnc4c3)cc2)CC1. The summed E-state index contributed by atoms with van der Waals surface area (Å²) in [4.78, 5) is 9.66. The fourth-order valence-electron chi connectivity index (χ4n) is 5.01. The number of pyridine rings is 1. The fourth-order valence-corrected chi connectivity index (χ4v) is 5.01. The van der Waals surface area contributed by atoms with Gasteiger partial charge in [-0.1, -0.05) is 61.0 Å². The molecule has 0 bridgehead atoms.